The third-order valence-electron chi connectivity index (χ3n) is 4.12. The summed E-state index contributed by atoms with van der Waals surface area (Å²) >= 11 is 12.0. The van der Waals surface area contributed by atoms with Crippen LogP contribution in [0, 0.1) is 0 Å². The number of benzene rings is 1. The second-order valence-electron chi connectivity index (χ2n) is 5.93. The van der Waals surface area contributed by atoms with Crippen molar-refractivity contribution in [3.05, 3.63) is 33.8 Å². The van der Waals surface area contributed by atoms with Crippen molar-refractivity contribution in [2.24, 2.45) is 0 Å². The Morgan fingerprint density at radius 3 is 2.71 bits per heavy atom. The standard InChI is InChI=1S/C16H17Cl2N3O3/c17-12-3-1-2-10(15(12)18)6-7-19-13(22)8-21-14(23)9-20(16(21)24)11-4-5-11/h1-3,11H,4-9H2,(H,19,22). The van der Waals surface area contributed by atoms with Crippen LogP contribution in [-0.2, 0) is 16.0 Å². The summed E-state index contributed by atoms with van der Waals surface area (Å²) in [6.45, 7) is 0.181. The maximum atomic E-state index is 12.1. The summed E-state index contributed by atoms with van der Waals surface area (Å²) in [7, 11) is 0. The zero-order valence-electron chi connectivity index (χ0n) is 12.9. The molecule has 1 saturated carbocycles. The molecule has 0 bridgehead atoms. The molecule has 1 saturated heterocycles. The number of rotatable bonds is 6. The van der Waals surface area contributed by atoms with Crippen LogP contribution in [0.15, 0.2) is 18.2 Å². The van der Waals surface area contributed by atoms with Gasteiger partial charge in [-0.2, -0.15) is 0 Å². The van der Waals surface area contributed by atoms with Gasteiger partial charge in [-0.15, -0.1) is 0 Å². The number of amides is 4. The lowest BCUT2D eigenvalue weighted by Crippen LogP contribution is -2.42. The highest BCUT2D eigenvalue weighted by Crippen LogP contribution is 2.30. The van der Waals surface area contributed by atoms with Gasteiger partial charge in [-0.25, -0.2) is 4.79 Å². The first-order valence-electron chi connectivity index (χ1n) is 7.78. The Kier molecular flexibility index (Phi) is 4.96. The first-order chi connectivity index (χ1) is 11.5. The molecule has 1 heterocycles. The van der Waals surface area contributed by atoms with Crippen LogP contribution >= 0.6 is 23.2 Å². The molecule has 2 fully saturated rings. The molecular weight excluding hydrogens is 353 g/mol. The Hall–Kier alpha value is -1.79. The van der Waals surface area contributed by atoms with E-state index in [1.807, 2.05) is 6.07 Å². The smallest absolute Gasteiger partial charge is 0.327 e. The second-order valence-corrected chi connectivity index (χ2v) is 6.72. The number of nitrogens with one attached hydrogen (secondary N) is 1. The summed E-state index contributed by atoms with van der Waals surface area (Å²) in [5.41, 5.74) is 0.831. The van der Waals surface area contributed by atoms with Gasteiger partial charge < -0.3 is 10.2 Å². The number of carbonyl (C=O) groups is 3. The fourth-order valence-electron chi connectivity index (χ4n) is 2.67. The molecule has 8 heteroatoms. The molecule has 0 radical (unpaired) electrons. The van der Waals surface area contributed by atoms with Gasteiger partial charge in [0, 0.05) is 12.6 Å². The number of hydrogen-bond donors (Lipinski definition) is 1. The van der Waals surface area contributed by atoms with E-state index in [0.717, 1.165) is 23.3 Å². The van der Waals surface area contributed by atoms with Crippen molar-refractivity contribution >= 4 is 41.0 Å². The average molecular weight is 370 g/mol. The number of nitrogens with zero attached hydrogens (tertiary/aromatic N) is 2. The third-order valence-corrected chi connectivity index (χ3v) is 4.98. The number of hydrogen-bond acceptors (Lipinski definition) is 3. The Labute approximate surface area is 149 Å². The molecule has 1 N–H and O–H groups in total. The molecule has 1 aliphatic heterocycles. The van der Waals surface area contributed by atoms with Gasteiger partial charge in [0.25, 0.3) is 5.91 Å². The van der Waals surface area contributed by atoms with Crippen molar-refractivity contribution in [3.8, 4) is 0 Å². The third kappa shape index (κ3) is 3.65. The van der Waals surface area contributed by atoms with Gasteiger partial charge >= 0.3 is 6.03 Å². The molecule has 3 rings (SSSR count). The van der Waals surface area contributed by atoms with Crippen LogP contribution in [0.25, 0.3) is 0 Å². The van der Waals surface area contributed by atoms with Crippen molar-refractivity contribution < 1.29 is 14.4 Å². The van der Waals surface area contributed by atoms with Gasteiger partial charge in [0.2, 0.25) is 5.91 Å². The van der Waals surface area contributed by atoms with E-state index >= 15 is 0 Å². The van der Waals surface area contributed by atoms with Gasteiger partial charge in [0.05, 0.1) is 10.0 Å². The zero-order valence-corrected chi connectivity index (χ0v) is 14.4. The lowest BCUT2D eigenvalue weighted by molar-refractivity contribution is -0.130. The van der Waals surface area contributed by atoms with E-state index in [1.165, 1.54) is 0 Å². The van der Waals surface area contributed by atoms with Gasteiger partial charge in [-0.05, 0) is 30.9 Å². The summed E-state index contributed by atoms with van der Waals surface area (Å²) in [5.74, 6) is -0.688. The largest absolute Gasteiger partial charge is 0.354 e. The van der Waals surface area contributed by atoms with Crippen LogP contribution in [0.4, 0.5) is 4.79 Å². The van der Waals surface area contributed by atoms with Crippen LogP contribution in [0.2, 0.25) is 10.0 Å². The Morgan fingerprint density at radius 2 is 2.00 bits per heavy atom. The number of urea groups is 1. The van der Waals surface area contributed by atoms with Gasteiger partial charge in [0.15, 0.2) is 0 Å². The highest BCUT2D eigenvalue weighted by Gasteiger charge is 2.44. The van der Waals surface area contributed by atoms with Gasteiger partial charge in [0.1, 0.15) is 13.1 Å². The molecule has 0 atom stereocenters. The van der Waals surface area contributed by atoms with Crippen molar-refractivity contribution in [1.82, 2.24) is 15.1 Å². The molecular formula is C16H17Cl2N3O3. The lowest BCUT2D eigenvalue weighted by atomic mass is 10.1. The minimum Gasteiger partial charge on any atom is -0.354 e. The highest BCUT2D eigenvalue weighted by atomic mass is 35.5. The van der Waals surface area contributed by atoms with E-state index in [2.05, 4.69) is 5.32 Å². The lowest BCUT2D eigenvalue weighted by Gasteiger charge is -2.16. The van der Waals surface area contributed by atoms with Crippen LogP contribution in [-0.4, -0.2) is 53.3 Å². The Bertz CT molecular complexity index is 691. The first kappa shape index (κ1) is 17.0. The maximum absolute atomic E-state index is 12.1. The summed E-state index contributed by atoms with van der Waals surface area (Å²) in [6.07, 6.45) is 2.38. The van der Waals surface area contributed by atoms with E-state index in [4.69, 9.17) is 23.2 Å². The van der Waals surface area contributed by atoms with E-state index in [9.17, 15) is 14.4 Å². The van der Waals surface area contributed by atoms with E-state index in [1.54, 1.807) is 17.0 Å². The van der Waals surface area contributed by atoms with Crippen LogP contribution in [0.3, 0.4) is 0 Å². The highest BCUT2D eigenvalue weighted by molar-refractivity contribution is 6.42. The topological polar surface area (TPSA) is 69.7 Å². The molecule has 128 valence electrons. The fraction of sp³-hybridized carbons (Fsp3) is 0.438. The molecule has 0 aromatic heterocycles. The Morgan fingerprint density at radius 1 is 1.25 bits per heavy atom. The Balaban J connectivity index is 1.48. The van der Waals surface area contributed by atoms with Crippen molar-refractivity contribution in [2.45, 2.75) is 25.3 Å². The van der Waals surface area contributed by atoms with Crippen LogP contribution in [0.5, 0.6) is 0 Å². The van der Waals surface area contributed by atoms with E-state index in [0.29, 0.717) is 23.0 Å². The number of halogens is 2. The molecule has 0 unspecified atom stereocenters. The fourth-order valence-corrected chi connectivity index (χ4v) is 3.08. The first-order valence-corrected chi connectivity index (χ1v) is 8.53. The number of imide groups is 1. The molecule has 2 aliphatic rings. The molecule has 1 aromatic rings. The summed E-state index contributed by atoms with van der Waals surface area (Å²) in [4.78, 5) is 38.6. The van der Waals surface area contributed by atoms with Crippen LogP contribution < -0.4 is 5.32 Å². The van der Waals surface area contributed by atoms with Crippen molar-refractivity contribution in [3.63, 3.8) is 0 Å². The van der Waals surface area contributed by atoms with Crippen molar-refractivity contribution in [2.75, 3.05) is 19.6 Å². The molecule has 1 aromatic carbocycles. The summed E-state index contributed by atoms with van der Waals surface area (Å²) < 4.78 is 0. The molecule has 1 aliphatic carbocycles. The van der Waals surface area contributed by atoms with Gasteiger partial charge in [-0.1, -0.05) is 35.3 Å². The second kappa shape index (κ2) is 6.99. The van der Waals surface area contributed by atoms with E-state index < -0.39 is 0 Å². The van der Waals surface area contributed by atoms with Gasteiger partial charge in [-0.3, -0.25) is 14.5 Å². The molecule has 4 amide bonds. The summed E-state index contributed by atoms with van der Waals surface area (Å²) in [6, 6.07) is 5.12. The maximum Gasteiger partial charge on any atom is 0.327 e. The van der Waals surface area contributed by atoms with E-state index in [-0.39, 0.29) is 37.0 Å². The summed E-state index contributed by atoms with van der Waals surface area (Å²) in [5, 5.41) is 3.64. The van der Waals surface area contributed by atoms with Crippen LogP contribution in [0.1, 0.15) is 18.4 Å². The zero-order chi connectivity index (χ0) is 17.3. The molecule has 6 nitrogen and oxygen atoms in total. The quantitative estimate of drug-likeness (QED) is 0.780. The number of carbonyl (C=O) groups excluding carboxylic acids is 3. The predicted molar refractivity (Wildman–Crippen MR) is 90.0 cm³/mol. The molecule has 24 heavy (non-hydrogen) atoms. The molecule has 0 spiro atoms. The van der Waals surface area contributed by atoms with Crippen molar-refractivity contribution in [1.29, 1.82) is 0 Å². The average Bonchev–Trinajstić information content (AvgIpc) is 3.34. The SMILES string of the molecule is O=C(CN1C(=O)CN(C2CC2)C1=O)NCCc1cccc(Cl)c1Cl. The predicted octanol–water partition coefficient (Wildman–Crippen LogP) is 2.08. The minimum absolute atomic E-state index is 0.0783. The normalized spacial score (nSPS) is 17.6. The monoisotopic (exact) mass is 369 g/mol. The minimum atomic E-state index is -0.368.